The lowest BCUT2D eigenvalue weighted by atomic mass is 9.83. The van der Waals surface area contributed by atoms with Gasteiger partial charge < -0.3 is 4.74 Å². The molecule has 4 heteroatoms. The van der Waals surface area contributed by atoms with Gasteiger partial charge in [-0.2, -0.15) is 5.26 Å². The maximum atomic E-state index is 11.5. The van der Waals surface area contributed by atoms with Crippen LogP contribution < -0.4 is 0 Å². The zero-order valence-corrected chi connectivity index (χ0v) is 10.5. The van der Waals surface area contributed by atoms with Crippen molar-refractivity contribution in [1.82, 2.24) is 4.90 Å². The molecule has 0 radical (unpaired) electrons. The highest BCUT2D eigenvalue weighted by Gasteiger charge is 2.42. The van der Waals surface area contributed by atoms with E-state index in [0.717, 1.165) is 13.1 Å². The molecule has 1 saturated heterocycles. The minimum Gasteiger partial charge on any atom is -0.465 e. The van der Waals surface area contributed by atoms with Crippen molar-refractivity contribution in [2.45, 2.75) is 33.2 Å². The lowest BCUT2D eigenvalue weighted by Gasteiger charge is -2.48. The van der Waals surface area contributed by atoms with E-state index >= 15 is 0 Å². The quantitative estimate of drug-likeness (QED) is 0.680. The van der Waals surface area contributed by atoms with Crippen molar-refractivity contribution >= 4 is 5.97 Å². The van der Waals surface area contributed by atoms with Gasteiger partial charge in [0.1, 0.15) is 5.92 Å². The SMILES string of the molecule is CCOC(=O)[C@H](C#N)C1CN(C(C)(C)C)C1. The smallest absolute Gasteiger partial charge is 0.323 e. The van der Waals surface area contributed by atoms with Gasteiger partial charge in [-0.25, -0.2) is 0 Å². The van der Waals surface area contributed by atoms with Gasteiger partial charge in [0.2, 0.25) is 0 Å². The first-order chi connectivity index (χ1) is 7.40. The third-order valence-electron chi connectivity index (χ3n) is 3.01. The van der Waals surface area contributed by atoms with Crippen molar-refractivity contribution in [2.24, 2.45) is 11.8 Å². The topological polar surface area (TPSA) is 53.3 Å². The maximum Gasteiger partial charge on any atom is 0.323 e. The molecule has 0 N–H and O–H groups in total. The molecule has 0 aromatic carbocycles. The molecule has 90 valence electrons. The first-order valence-electron chi connectivity index (χ1n) is 5.71. The molecular formula is C12H20N2O2. The molecule has 0 spiro atoms. The normalized spacial score (nSPS) is 19.7. The van der Waals surface area contributed by atoms with Crippen molar-refractivity contribution in [3.63, 3.8) is 0 Å². The molecule has 4 nitrogen and oxygen atoms in total. The number of hydrogen-bond acceptors (Lipinski definition) is 4. The molecule has 16 heavy (non-hydrogen) atoms. The molecule has 0 amide bonds. The van der Waals surface area contributed by atoms with Crippen molar-refractivity contribution in [3.8, 4) is 6.07 Å². The summed E-state index contributed by atoms with van der Waals surface area (Å²) in [5.41, 5.74) is 0.116. The molecule has 0 aliphatic carbocycles. The predicted octanol–water partition coefficient (Wildman–Crippen LogP) is 1.42. The first-order valence-corrected chi connectivity index (χ1v) is 5.71. The summed E-state index contributed by atoms with van der Waals surface area (Å²) in [6.07, 6.45) is 0. The number of likely N-dealkylation sites (tertiary alicyclic amines) is 1. The summed E-state index contributed by atoms with van der Waals surface area (Å²) < 4.78 is 4.89. The highest BCUT2D eigenvalue weighted by atomic mass is 16.5. The molecule has 1 rings (SSSR count). The maximum absolute atomic E-state index is 11.5. The van der Waals surface area contributed by atoms with Crippen molar-refractivity contribution in [1.29, 1.82) is 5.26 Å². The van der Waals surface area contributed by atoms with Gasteiger partial charge in [0, 0.05) is 24.5 Å². The third-order valence-corrected chi connectivity index (χ3v) is 3.01. The van der Waals surface area contributed by atoms with E-state index in [4.69, 9.17) is 10.00 Å². The Kier molecular flexibility index (Phi) is 3.93. The second-order valence-corrected chi connectivity index (χ2v) is 5.19. The van der Waals surface area contributed by atoms with Gasteiger partial charge in [0.15, 0.2) is 0 Å². The number of carbonyl (C=O) groups excluding carboxylic acids is 1. The number of rotatable bonds is 3. The molecule has 0 aromatic rings. The average molecular weight is 224 g/mol. The summed E-state index contributed by atoms with van der Waals surface area (Å²) in [6.45, 7) is 10.1. The Labute approximate surface area is 97.2 Å². The lowest BCUT2D eigenvalue weighted by Crippen LogP contribution is -2.58. The summed E-state index contributed by atoms with van der Waals surface area (Å²) >= 11 is 0. The number of hydrogen-bond donors (Lipinski definition) is 0. The fraction of sp³-hybridized carbons (Fsp3) is 0.833. The molecule has 0 bridgehead atoms. The molecule has 1 heterocycles. The van der Waals surface area contributed by atoms with E-state index in [0.29, 0.717) is 6.61 Å². The fourth-order valence-corrected chi connectivity index (χ4v) is 1.85. The van der Waals surface area contributed by atoms with Gasteiger partial charge in [-0.3, -0.25) is 9.69 Å². The number of carbonyl (C=O) groups is 1. The second kappa shape index (κ2) is 4.84. The van der Waals surface area contributed by atoms with Crippen LogP contribution in [0.4, 0.5) is 0 Å². The Bertz CT molecular complexity index is 295. The monoisotopic (exact) mass is 224 g/mol. The number of esters is 1. The van der Waals surface area contributed by atoms with Gasteiger partial charge >= 0.3 is 5.97 Å². The summed E-state index contributed by atoms with van der Waals surface area (Å²) in [4.78, 5) is 13.8. The summed E-state index contributed by atoms with van der Waals surface area (Å²) in [5.74, 6) is -0.842. The Morgan fingerprint density at radius 2 is 2.12 bits per heavy atom. The lowest BCUT2D eigenvalue weighted by molar-refractivity contribution is -0.150. The van der Waals surface area contributed by atoms with Gasteiger partial charge in [-0.1, -0.05) is 0 Å². The number of nitrogens with zero attached hydrogens (tertiary/aromatic N) is 2. The van der Waals surface area contributed by atoms with Crippen LogP contribution in [-0.4, -0.2) is 36.1 Å². The van der Waals surface area contributed by atoms with Crippen LogP contribution in [0.1, 0.15) is 27.7 Å². The molecule has 0 saturated carbocycles. The third kappa shape index (κ3) is 2.73. The van der Waals surface area contributed by atoms with E-state index in [1.807, 2.05) is 0 Å². The Balaban J connectivity index is 2.49. The van der Waals surface area contributed by atoms with Crippen LogP contribution in [0.5, 0.6) is 0 Å². The van der Waals surface area contributed by atoms with Crippen LogP contribution in [0.2, 0.25) is 0 Å². The molecule has 1 aliphatic rings. The number of ether oxygens (including phenoxy) is 1. The molecule has 0 aromatic heterocycles. The van der Waals surface area contributed by atoms with Crippen molar-refractivity contribution in [3.05, 3.63) is 0 Å². The largest absolute Gasteiger partial charge is 0.465 e. The Hall–Kier alpha value is -1.08. The van der Waals surface area contributed by atoms with Crippen LogP contribution >= 0.6 is 0 Å². The van der Waals surface area contributed by atoms with E-state index in [1.165, 1.54) is 0 Å². The summed E-state index contributed by atoms with van der Waals surface area (Å²) in [6, 6.07) is 2.06. The molecular weight excluding hydrogens is 204 g/mol. The van der Waals surface area contributed by atoms with Crippen molar-refractivity contribution in [2.75, 3.05) is 19.7 Å². The van der Waals surface area contributed by atoms with Crippen LogP contribution in [-0.2, 0) is 9.53 Å². The molecule has 1 fully saturated rings. The van der Waals surface area contributed by atoms with Crippen LogP contribution in [0.3, 0.4) is 0 Å². The summed E-state index contributed by atoms with van der Waals surface area (Å²) in [5, 5.41) is 8.98. The highest BCUT2D eigenvalue weighted by Crippen LogP contribution is 2.30. The van der Waals surface area contributed by atoms with Crippen LogP contribution in [0, 0.1) is 23.2 Å². The Morgan fingerprint density at radius 3 is 2.50 bits per heavy atom. The predicted molar refractivity (Wildman–Crippen MR) is 60.6 cm³/mol. The molecule has 1 atom stereocenters. The van der Waals surface area contributed by atoms with E-state index in [-0.39, 0.29) is 17.4 Å². The zero-order valence-electron chi connectivity index (χ0n) is 10.5. The molecule has 1 aliphatic heterocycles. The molecule has 0 unspecified atom stereocenters. The second-order valence-electron chi connectivity index (χ2n) is 5.19. The standard InChI is InChI=1S/C12H20N2O2/c1-5-16-11(15)10(6-13)9-7-14(8-9)12(2,3)4/h9-10H,5,7-8H2,1-4H3/t10-/m1/s1. The fourth-order valence-electron chi connectivity index (χ4n) is 1.85. The van der Waals surface area contributed by atoms with E-state index in [1.54, 1.807) is 6.92 Å². The van der Waals surface area contributed by atoms with E-state index < -0.39 is 5.92 Å². The van der Waals surface area contributed by atoms with Gasteiger partial charge in [-0.05, 0) is 27.7 Å². The van der Waals surface area contributed by atoms with Gasteiger partial charge in [-0.15, -0.1) is 0 Å². The van der Waals surface area contributed by atoms with E-state index in [9.17, 15) is 4.79 Å². The highest BCUT2D eigenvalue weighted by molar-refractivity contribution is 5.75. The van der Waals surface area contributed by atoms with Crippen LogP contribution in [0.25, 0.3) is 0 Å². The average Bonchev–Trinajstić information content (AvgIpc) is 2.08. The Morgan fingerprint density at radius 1 is 1.56 bits per heavy atom. The van der Waals surface area contributed by atoms with Gasteiger partial charge in [0.05, 0.1) is 12.7 Å². The minimum absolute atomic E-state index is 0.116. The first kappa shape index (κ1) is 13.0. The zero-order chi connectivity index (χ0) is 12.3. The minimum atomic E-state index is -0.599. The summed E-state index contributed by atoms with van der Waals surface area (Å²) in [7, 11) is 0. The van der Waals surface area contributed by atoms with Gasteiger partial charge in [0.25, 0.3) is 0 Å². The van der Waals surface area contributed by atoms with Crippen LogP contribution in [0.15, 0.2) is 0 Å². The number of nitriles is 1. The van der Waals surface area contributed by atoms with Crippen molar-refractivity contribution < 1.29 is 9.53 Å². The van der Waals surface area contributed by atoms with E-state index in [2.05, 4.69) is 31.7 Å².